The summed E-state index contributed by atoms with van der Waals surface area (Å²) in [4.78, 5) is 12.0. The minimum absolute atomic E-state index is 0.171. The molecule has 22 heavy (non-hydrogen) atoms. The van der Waals surface area contributed by atoms with Crippen LogP contribution in [0, 0.1) is 0 Å². The first-order valence-corrected chi connectivity index (χ1v) is 7.71. The van der Waals surface area contributed by atoms with E-state index in [9.17, 15) is 9.90 Å². The zero-order valence-electron chi connectivity index (χ0n) is 13.4. The van der Waals surface area contributed by atoms with E-state index >= 15 is 0 Å². The van der Waals surface area contributed by atoms with Crippen LogP contribution in [-0.2, 0) is 19.9 Å². The third-order valence-electron chi connectivity index (χ3n) is 4.08. The fourth-order valence-electron chi connectivity index (χ4n) is 2.85. The van der Waals surface area contributed by atoms with Crippen LogP contribution in [0.25, 0.3) is 0 Å². The summed E-state index contributed by atoms with van der Waals surface area (Å²) in [6.45, 7) is 4.04. The molecule has 1 aliphatic heterocycles. The first-order chi connectivity index (χ1) is 10.5. The summed E-state index contributed by atoms with van der Waals surface area (Å²) in [6, 6.07) is 7.28. The molecule has 0 aromatic heterocycles. The highest BCUT2D eigenvalue weighted by Gasteiger charge is 2.43. The van der Waals surface area contributed by atoms with Gasteiger partial charge in [-0.15, -0.1) is 0 Å². The quantitative estimate of drug-likeness (QED) is 0.846. The Morgan fingerprint density at radius 2 is 2.00 bits per heavy atom. The number of carbonyl (C=O) groups excluding carboxylic acids is 1. The normalized spacial score (nSPS) is 28.2. The molecule has 0 saturated carbocycles. The van der Waals surface area contributed by atoms with Crippen molar-refractivity contribution < 1.29 is 24.1 Å². The second-order valence-electron chi connectivity index (χ2n) is 5.58. The van der Waals surface area contributed by atoms with Crippen molar-refractivity contribution in [2.24, 2.45) is 0 Å². The molecule has 0 radical (unpaired) electrons. The molecular weight excluding hydrogens is 284 g/mol. The van der Waals surface area contributed by atoms with Crippen LogP contribution < -0.4 is 4.74 Å². The van der Waals surface area contributed by atoms with Gasteiger partial charge in [0.1, 0.15) is 5.75 Å². The summed E-state index contributed by atoms with van der Waals surface area (Å²) in [5, 5.41) is 11.1. The topological polar surface area (TPSA) is 65.0 Å². The molecule has 5 nitrogen and oxygen atoms in total. The molecule has 5 heteroatoms. The van der Waals surface area contributed by atoms with E-state index in [1.807, 2.05) is 31.2 Å². The van der Waals surface area contributed by atoms with Gasteiger partial charge in [-0.1, -0.05) is 19.1 Å². The van der Waals surface area contributed by atoms with Crippen LogP contribution in [0.3, 0.4) is 0 Å². The van der Waals surface area contributed by atoms with Gasteiger partial charge in [0.05, 0.1) is 25.4 Å². The van der Waals surface area contributed by atoms with Crippen molar-refractivity contribution in [3.05, 3.63) is 29.8 Å². The number of hydrogen-bond acceptors (Lipinski definition) is 5. The largest absolute Gasteiger partial charge is 0.497 e. The van der Waals surface area contributed by atoms with Crippen molar-refractivity contribution in [2.45, 2.75) is 50.9 Å². The second-order valence-corrected chi connectivity index (χ2v) is 5.58. The number of aliphatic hydroxyl groups is 1. The fraction of sp³-hybridized carbons (Fsp3) is 0.588. The second kappa shape index (κ2) is 7.11. The summed E-state index contributed by atoms with van der Waals surface area (Å²) >= 11 is 0. The molecule has 0 bridgehead atoms. The first kappa shape index (κ1) is 16.8. The van der Waals surface area contributed by atoms with E-state index < -0.39 is 17.7 Å². The number of rotatable bonds is 5. The third kappa shape index (κ3) is 3.59. The fourth-order valence-corrected chi connectivity index (χ4v) is 2.85. The molecule has 1 aromatic rings. The van der Waals surface area contributed by atoms with Gasteiger partial charge in [0.25, 0.3) is 0 Å². The highest BCUT2D eigenvalue weighted by Crippen LogP contribution is 2.39. The molecule has 1 aromatic carbocycles. The van der Waals surface area contributed by atoms with Crippen molar-refractivity contribution in [3.8, 4) is 5.75 Å². The Morgan fingerprint density at radius 1 is 1.32 bits per heavy atom. The van der Waals surface area contributed by atoms with Gasteiger partial charge in [-0.2, -0.15) is 0 Å². The van der Waals surface area contributed by atoms with Crippen molar-refractivity contribution >= 4 is 5.97 Å². The van der Waals surface area contributed by atoms with E-state index in [1.54, 1.807) is 14.0 Å². The van der Waals surface area contributed by atoms with Crippen LogP contribution >= 0.6 is 0 Å². The number of benzene rings is 1. The molecule has 1 heterocycles. The molecule has 1 N–H and O–H groups in total. The van der Waals surface area contributed by atoms with Gasteiger partial charge < -0.3 is 19.3 Å². The number of ether oxygens (including phenoxy) is 3. The lowest BCUT2D eigenvalue weighted by atomic mass is 9.80. The molecule has 0 amide bonds. The van der Waals surface area contributed by atoms with E-state index in [-0.39, 0.29) is 12.5 Å². The Bertz CT molecular complexity index is 498. The molecule has 0 unspecified atom stereocenters. The summed E-state index contributed by atoms with van der Waals surface area (Å²) in [6.07, 6.45) is 0.496. The van der Waals surface area contributed by atoms with Crippen LogP contribution in [-0.4, -0.2) is 37.0 Å². The minimum Gasteiger partial charge on any atom is -0.497 e. The molecule has 1 saturated heterocycles. The predicted molar refractivity (Wildman–Crippen MR) is 81.7 cm³/mol. The van der Waals surface area contributed by atoms with Crippen LogP contribution in [0.4, 0.5) is 0 Å². The van der Waals surface area contributed by atoms with Gasteiger partial charge in [-0.25, -0.2) is 4.79 Å². The van der Waals surface area contributed by atoms with E-state index in [0.717, 1.165) is 17.7 Å². The van der Waals surface area contributed by atoms with Crippen LogP contribution in [0.15, 0.2) is 24.3 Å². The van der Waals surface area contributed by atoms with Gasteiger partial charge in [0.15, 0.2) is 6.10 Å². The molecule has 2 rings (SSSR count). The molecule has 0 aliphatic carbocycles. The lowest BCUT2D eigenvalue weighted by Crippen LogP contribution is -2.46. The lowest BCUT2D eigenvalue weighted by molar-refractivity contribution is -0.186. The van der Waals surface area contributed by atoms with E-state index in [1.165, 1.54) is 0 Å². The Hall–Kier alpha value is -1.59. The zero-order valence-corrected chi connectivity index (χ0v) is 13.4. The van der Waals surface area contributed by atoms with Crippen LogP contribution in [0.1, 0.15) is 38.7 Å². The van der Waals surface area contributed by atoms with E-state index in [2.05, 4.69) is 0 Å². The minimum atomic E-state index is -1.09. The Balaban J connectivity index is 2.23. The van der Waals surface area contributed by atoms with Crippen LogP contribution in [0.5, 0.6) is 5.75 Å². The standard InChI is InChI=1S/C17H24O5/c1-4-13-10-17(19,11-15(22-13)16(18)21-5-2)12-6-8-14(20-3)9-7-12/h6-9,13,15,19H,4-5,10-11H2,1-3H3/t13-,15-,17-/m0/s1. The van der Waals surface area contributed by atoms with Crippen molar-refractivity contribution in [2.75, 3.05) is 13.7 Å². The monoisotopic (exact) mass is 308 g/mol. The summed E-state index contributed by atoms with van der Waals surface area (Å²) in [5.41, 5.74) is -0.327. The maximum absolute atomic E-state index is 12.0. The summed E-state index contributed by atoms with van der Waals surface area (Å²) in [5.74, 6) is 0.320. The van der Waals surface area contributed by atoms with Crippen molar-refractivity contribution in [1.82, 2.24) is 0 Å². The van der Waals surface area contributed by atoms with Gasteiger partial charge in [0.2, 0.25) is 0 Å². The number of carbonyl (C=O) groups is 1. The molecular formula is C17H24O5. The number of methoxy groups -OCH3 is 1. The van der Waals surface area contributed by atoms with E-state index in [4.69, 9.17) is 14.2 Å². The SMILES string of the molecule is CCOC(=O)[C@@H]1C[C@](O)(c2ccc(OC)cc2)C[C@H](CC)O1. The number of esters is 1. The summed E-state index contributed by atoms with van der Waals surface area (Å²) < 4.78 is 15.9. The van der Waals surface area contributed by atoms with Crippen molar-refractivity contribution in [1.29, 1.82) is 0 Å². The highest BCUT2D eigenvalue weighted by atomic mass is 16.6. The third-order valence-corrected chi connectivity index (χ3v) is 4.08. The summed E-state index contributed by atoms with van der Waals surface area (Å²) in [7, 11) is 1.60. The van der Waals surface area contributed by atoms with Gasteiger partial charge >= 0.3 is 5.97 Å². The number of hydrogen-bond donors (Lipinski definition) is 1. The van der Waals surface area contributed by atoms with Crippen molar-refractivity contribution in [3.63, 3.8) is 0 Å². The maximum atomic E-state index is 12.0. The Morgan fingerprint density at radius 3 is 2.55 bits per heavy atom. The molecule has 3 atom stereocenters. The molecule has 1 aliphatic rings. The first-order valence-electron chi connectivity index (χ1n) is 7.71. The van der Waals surface area contributed by atoms with Gasteiger partial charge in [0, 0.05) is 12.8 Å². The molecule has 0 spiro atoms. The van der Waals surface area contributed by atoms with Crippen LogP contribution in [0.2, 0.25) is 0 Å². The average molecular weight is 308 g/mol. The lowest BCUT2D eigenvalue weighted by Gasteiger charge is -2.40. The molecule has 1 fully saturated rings. The predicted octanol–water partition coefficient (Wildman–Crippen LogP) is 2.40. The van der Waals surface area contributed by atoms with Gasteiger partial charge in [-0.05, 0) is 31.0 Å². The smallest absolute Gasteiger partial charge is 0.335 e. The van der Waals surface area contributed by atoms with Gasteiger partial charge in [-0.3, -0.25) is 0 Å². The van der Waals surface area contributed by atoms with E-state index in [0.29, 0.717) is 13.0 Å². The highest BCUT2D eigenvalue weighted by molar-refractivity contribution is 5.75. The maximum Gasteiger partial charge on any atom is 0.335 e. The Kier molecular flexibility index (Phi) is 5.42. The Labute approximate surface area is 131 Å². The average Bonchev–Trinajstić information content (AvgIpc) is 2.54. The molecule has 122 valence electrons. The zero-order chi connectivity index (χ0) is 16.2.